The van der Waals surface area contributed by atoms with Crippen molar-refractivity contribution in [2.24, 2.45) is 5.41 Å². The minimum absolute atomic E-state index is 0.0787. The van der Waals surface area contributed by atoms with Crippen molar-refractivity contribution in [3.63, 3.8) is 0 Å². The number of hydrogen-bond acceptors (Lipinski definition) is 7. The van der Waals surface area contributed by atoms with Crippen LogP contribution in [-0.4, -0.2) is 26.8 Å². The maximum Gasteiger partial charge on any atom is 0.258 e. The lowest BCUT2D eigenvalue weighted by Gasteiger charge is -2.52. The lowest BCUT2D eigenvalue weighted by atomic mass is 9.53. The molecule has 0 atom stereocenters. The standard InChI is InChI=1S/C26H33N5O2/c1-24(2,3)22-29-23(33-31-22)26-12-9-25(10-13-26,11-14-26)16-27-19-6-4-5-18(15-19)21-28-20(30-32-21)17-7-8-17/h4-6,15,17,27H,7-14,16H2,1-3H3. The van der Waals surface area contributed by atoms with Crippen LogP contribution >= 0.6 is 0 Å². The molecule has 1 aromatic carbocycles. The van der Waals surface area contributed by atoms with Gasteiger partial charge in [0.05, 0.1) is 0 Å². The highest BCUT2D eigenvalue weighted by atomic mass is 16.5. The predicted molar refractivity (Wildman–Crippen MR) is 125 cm³/mol. The first-order valence-electron chi connectivity index (χ1n) is 12.4. The summed E-state index contributed by atoms with van der Waals surface area (Å²) in [5.74, 6) is 3.66. The Morgan fingerprint density at radius 3 is 2.39 bits per heavy atom. The smallest absolute Gasteiger partial charge is 0.258 e. The monoisotopic (exact) mass is 447 g/mol. The molecule has 4 saturated carbocycles. The Hall–Kier alpha value is -2.70. The summed E-state index contributed by atoms with van der Waals surface area (Å²) in [5, 5.41) is 12.2. The fourth-order valence-electron chi connectivity index (χ4n) is 5.50. The van der Waals surface area contributed by atoms with Gasteiger partial charge in [0, 0.05) is 34.5 Å². The van der Waals surface area contributed by atoms with Gasteiger partial charge < -0.3 is 14.4 Å². The average Bonchev–Trinajstić information content (AvgIpc) is 3.33. The first kappa shape index (κ1) is 20.9. The molecule has 4 fully saturated rings. The second kappa shape index (κ2) is 7.40. The van der Waals surface area contributed by atoms with Gasteiger partial charge in [-0.1, -0.05) is 37.2 Å². The molecule has 4 aliphatic carbocycles. The van der Waals surface area contributed by atoms with E-state index in [4.69, 9.17) is 14.0 Å². The van der Waals surface area contributed by atoms with Crippen LogP contribution in [0, 0.1) is 5.41 Å². The minimum Gasteiger partial charge on any atom is -0.384 e. The highest BCUT2D eigenvalue weighted by Gasteiger charge is 2.52. The van der Waals surface area contributed by atoms with E-state index in [9.17, 15) is 0 Å². The highest BCUT2D eigenvalue weighted by Crippen LogP contribution is 2.57. The van der Waals surface area contributed by atoms with E-state index in [0.29, 0.717) is 17.2 Å². The molecule has 174 valence electrons. The SMILES string of the molecule is CC(C)(C)c1noc(C23CCC(CNc4cccc(-c5nc(C6CC6)no5)c4)(CC2)CC3)n1. The van der Waals surface area contributed by atoms with Gasteiger partial charge in [-0.3, -0.25) is 0 Å². The molecule has 2 bridgehead atoms. The topological polar surface area (TPSA) is 89.9 Å². The van der Waals surface area contributed by atoms with E-state index in [-0.39, 0.29) is 10.8 Å². The van der Waals surface area contributed by atoms with E-state index in [2.05, 4.69) is 59.6 Å². The average molecular weight is 448 g/mol. The van der Waals surface area contributed by atoms with Crippen molar-refractivity contribution < 1.29 is 9.05 Å². The molecule has 0 radical (unpaired) electrons. The van der Waals surface area contributed by atoms with Gasteiger partial charge in [0.15, 0.2) is 11.6 Å². The van der Waals surface area contributed by atoms with Gasteiger partial charge >= 0.3 is 0 Å². The molecule has 0 unspecified atom stereocenters. The van der Waals surface area contributed by atoms with Crippen LogP contribution in [0.3, 0.4) is 0 Å². The van der Waals surface area contributed by atoms with Crippen LogP contribution in [0.1, 0.15) is 95.6 Å². The summed E-state index contributed by atoms with van der Waals surface area (Å²) in [6, 6.07) is 8.36. The minimum atomic E-state index is -0.0787. The summed E-state index contributed by atoms with van der Waals surface area (Å²) in [6.45, 7) is 7.40. The van der Waals surface area contributed by atoms with Crippen LogP contribution in [-0.2, 0) is 10.8 Å². The molecule has 0 aliphatic heterocycles. The molecule has 0 amide bonds. The zero-order valence-corrected chi connectivity index (χ0v) is 19.9. The molecule has 2 aromatic heterocycles. The first-order chi connectivity index (χ1) is 15.8. The summed E-state index contributed by atoms with van der Waals surface area (Å²) >= 11 is 0. The maximum absolute atomic E-state index is 5.79. The summed E-state index contributed by atoms with van der Waals surface area (Å²) in [4.78, 5) is 9.43. The van der Waals surface area contributed by atoms with Gasteiger partial charge in [0.1, 0.15) is 0 Å². The van der Waals surface area contributed by atoms with Crippen molar-refractivity contribution in [3.05, 3.63) is 41.8 Å². The summed E-state index contributed by atoms with van der Waals surface area (Å²) in [7, 11) is 0. The van der Waals surface area contributed by atoms with Crippen LogP contribution in [0.15, 0.2) is 33.3 Å². The predicted octanol–water partition coefficient (Wildman–Crippen LogP) is 6.00. The van der Waals surface area contributed by atoms with Gasteiger partial charge in [-0.15, -0.1) is 0 Å². The van der Waals surface area contributed by atoms with Crippen molar-refractivity contribution in [2.75, 3.05) is 11.9 Å². The number of nitrogens with zero attached hydrogens (tertiary/aromatic N) is 4. The molecule has 3 aromatic rings. The van der Waals surface area contributed by atoms with Gasteiger partial charge in [0.25, 0.3) is 5.89 Å². The van der Waals surface area contributed by atoms with E-state index in [0.717, 1.165) is 54.6 Å². The van der Waals surface area contributed by atoms with Crippen molar-refractivity contribution in [1.82, 2.24) is 20.3 Å². The fourth-order valence-corrected chi connectivity index (χ4v) is 5.50. The summed E-state index contributed by atoms with van der Waals surface area (Å²) in [6.07, 6.45) is 9.33. The third-order valence-corrected chi connectivity index (χ3v) is 8.11. The molecule has 2 heterocycles. The molecule has 0 saturated heterocycles. The van der Waals surface area contributed by atoms with E-state index >= 15 is 0 Å². The van der Waals surface area contributed by atoms with E-state index in [1.54, 1.807) is 0 Å². The lowest BCUT2D eigenvalue weighted by molar-refractivity contribution is 0.0322. The second-order valence-electron chi connectivity index (χ2n) is 11.6. The molecular formula is C26H33N5O2. The van der Waals surface area contributed by atoms with Crippen LogP contribution in [0.2, 0.25) is 0 Å². The summed E-state index contributed by atoms with van der Waals surface area (Å²) < 4.78 is 11.3. The van der Waals surface area contributed by atoms with E-state index < -0.39 is 0 Å². The van der Waals surface area contributed by atoms with E-state index in [1.165, 1.54) is 32.1 Å². The highest BCUT2D eigenvalue weighted by molar-refractivity contribution is 5.61. The van der Waals surface area contributed by atoms with Gasteiger partial charge in [-0.25, -0.2) is 0 Å². The fraction of sp³-hybridized carbons (Fsp3) is 0.615. The van der Waals surface area contributed by atoms with Crippen LogP contribution in [0.5, 0.6) is 0 Å². The van der Waals surface area contributed by atoms with Gasteiger partial charge in [-0.05, 0) is 75.0 Å². The third-order valence-electron chi connectivity index (χ3n) is 8.11. The first-order valence-corrected chi connectivity index (χ1v) is 12.4. The molecule has 0 spiro atoms. The normalized spacial score (nSPS) is 27.1. The van der Waals surface area contributed by atoms with Crippen molar-refractivity contribution >= 4 is 5.69 Å². The summed E-state index contributed by atoms with van der Waals surface area (Å²) in [5.41, 5.74) is 2.44. The third kappa shape index (κ3) is 3.85. The largest absolute Gasteiger partial charge is 0.384 e. The Balaban J connectivity index is 1.11. The quantitative estimate of drug-likeness (QED) is 0.496. The number of benzene rings is 1. The second-order valence-corrected chi connectivity index (χ2v) is 11.6. The Morgan fingerprint density at radius 2 is 1.73 bits per heavy atom. The number of fused-ring (bicyclic) bond motifs is 3. The molecule has 33 heavy (non-hydrogen) atoms. The Kier molecular flexibility index (Phi) is 4.68. The molecule has 7 heteroatoms. The molecule has 7 nitrogen and oxygen atoms in total. The zero-order chi connectivity index (χ0) is 22.7. The van der Waals surface area contributed by atoms with Crippen molar-refractivity contribution in [1.29, 1.82) is 0 Å². The number of nitrogens with one attached hydrogen (secondary N) is 1. The lowest BCUT2D eigenvalue weighted by Crippen LogP contribution is -2.47. The van der Waals surface area contributed by atoms with Crippen molar-refractivity contribution in [2.45, 2.75) is 88.9 Å². The van der Waals surface area contributed by atoms with Crippen LogP contribution in [0.25, 0.3) is 11.5 Å². The Morgan fingerprint density at radius 1 is 0.970 bits per heavy atom. The van der Waals surface area contributed by atoms with E-state index in [1.807, 2.05) is 6.07 Å². The maximum atomic E-state index is 5.79. The number of aromatic nitrogens is 4. The zero-order valence-electron chi connectivity index (χ0n) is 19.9. The number of anilines is 1. The molecule has 7 rings (SSSR count). The number of hydrogen-bond donors (Lipinski definition) is 1. The Labute approximate surface area is 194 Å². The Bertz CT molecular complexity index is 1130. The van der Waals surface area contributed by atoms with Gasteiger partial charge in [0.2, 0.25) is 5.89 Å². The van der Waals surface area contributed by atoms with Gasteiger partial charge in [-0.2, -0.15) is 9.97 Å². The number of rotatable bonds is 6. The molecule has 4 aliphatic rings. The molecule has 1 N–H and O–H groups in total. The van der Waals surface area contributed by atoms with Crippen molar-refractivity contribution in [3.8, 4) is 11.5 Å². The molecular weight excluding hydrogens is 414 g/mol. The van der Waals surface area contributed by atoms with Crippen LogP contribution < -0.4 is 5.32 Å². The van der Waals surface area contributed by atoms with Crippen LogP contribution in [0.4, 0.5) is 5.69 Å².